The highest BCUT2D eigenvalue weighted by atomic mass is 16.5. The van der Waals surface area contributed by atoms with Crippen LogP contribution in [0.2, 0.25) is 0 Å². The summed E-state index contributed by atoms with van der Waals surface area (Å²) in [6.45, 7) is 0.431. The zero-order valence-electron chi connectivity index (χ0n) is 10.8. The Hall–Kier alpha value is -2.57. The second-order valence-corrected chi connectivity index (χ2v) is 4.62. The van der Waals surface area contributed by atoms with Crippen LogP contribution >= 0.6 is 0 Å². The van der Waals surface area contributed by atoms with Crippen LogP contribution < -0.4 is 4.74 Å². The minimum atomic E-state index is -0.00245. The smallest absolute Gasteiger partial charge is 0.127 e. The van der Waals surface area contributed by atoms with E-state index in [0.29, 0.717) is 6.61 Å². The molecule has 1 aliphatic heterocycles. The van der Waals surface area contributed by atoms with Gasteiger partial charge in [0, 0.05) is 17.2 Å². The molecule has 20 heavy (non-hydrogen) atoms. The van der Waals surface area contributed by atoms with Crippen molar-refractivity contribution in [2.24, 2.45) is 0 Å². The van der Waals surface area contributed by atoms with Gasteiger partial charge in [0.25, 0.3) is 0 Å². The van der Waals surface area contributed by atoms with E-state index in [1.54, 1.807) is 6.08 Å². The van der Waals surface area contributed by atoms with Gasteiger partial charge < -0.3 is 9.84 Å². The summed E-state index contributed by atoms with van der Waals surface area (Å²) < 4.78 is 5.82. The monoisotopic (exact) mass is 263 g/mol. The first-order valence-electron chi connectivity index (χ1n) is 6.38. The summed E-state index contributed by atoms with van der Waals surface area (Å²) in [4.78, 5) is 0. The van der Waals surface area contributed by atoms with Crippen LogP contribution in [0, 0.1) is 11.3 Å². The molecule has 0 unspecified atom stereocenters. The van der Waals surface area contributed by atoms with E-state index >= 15 is 0 Å². The van der Waals surface area contributed by atoms with Crippen molar-refractivity contribution in [3.05, 3.63) is 70.8 Å². The molecule has 0 aromatic heterocycles. The fourth-order valence-electron chi connectivity index (χ4n) is 2.46. The molecule has 0 spiro atoms. The number of nitriles is 1. The normalized spacial score (nSPS) is 14.7. The molecule has 3 rings (SSSR count). The maximum atomic E-state index is 9.24. The van der Waals surface area contributed by atoms with Crippen LogP contribution in [0.4, 0.5) is 0 Å². The SMILES string of the molecule is N#C/C=C1\c2ccc(CO)cc2COc2ccccc21. The maximum Gasteiger partial charge on any atom is 0.127 e. The highest BCUT2D eigenvalue weighted by Gasteiger charge is 2.18. The van der Waals surface area contributed by atoms with E-state index < -0.39 is 0 Å². The Morgan fingerprint density at radius 1 is 1.20 bits per heavy atom. The summed E-state index contributed by atoms with van der Waals surface area (Å²) in [5.74, 6) is 0.774. The summed E-state index contributed by atoms with van der Waals surface area (Å²) >= 11 is 0. The lowest BCUT2D eigenvalue weighted by Gasteiger charge is -2.09. The zero-order valence-corrected chi connectivity index (χ0v) is 10.8. The van der Waals surface area contributed by atoms with E-state index in [1.165, 1.54) is 0 Å². The van der Waals surface area contributed by atoms with Gasteiger partial charge in [0.1, 0.15) is 12.4 Å². The number of nitrogens with zero attached hydrogens (tertiary/aromatic N) is 1. The van der Waals surface area contributed by atoms with Crippen LogP contribution in [0.1, 0.15) is 22.3 Å². The number of allylic oxidation sites excluding steroid dienone is 1. The van der Waals surface area contributed by atoms with Gasteiger partial charge in [-0.05, 0) is 28.8 Å². The van der Waals surface area contributed by atoms with Crippen molar-refractivity contribution in [3.63, 3.8) is 0 Å². The van der Waals surface area contributed by atoms with Crippen molar-refractivity contribution in [2.45, 2.75) is 13.2 Å². The number of hydrogen-bond acceptors (Lipinski definition) is 3. The number of ether oxygens (including phenoxy) is 1. The number of aliphatic hydroxyl groups is 1. The highest BCUT2D eigenvalue weighted by Crippen LogP contribution is 2.36. The molecule has 0 amide bonds. The van der Waals surface area contributed by atoms with Gasteiger partial charge in [-0.25, -0.2) is 0 Å². The lowest BCUT2D eigenvalue weighted by molar-refractivity contribution is 0.280. The Morgan fingerprint density at radius 3 is 2.85 bits per heavy atom. The molecule has 1 N–H and O–H groups in total. The number of para-hydroxylation sites is 1. The first-order valence-corrected chi connectivity index (χ1v) is 6.38. The predicted molar refractivity (Wildman–Crippen MR) is 75.8 cm³/mol. The van der Waals surface area contributed by atoms with Crippen molar-refractivity contribution in [2.75, 3.05) is 0 Å². The molecular formula is C17H13NO2. The fraction of sp³-hybridized carbons (Fsp3) is 0.118. The molecule has 0 bridgehead atoms. The van der Waals surface area contributed by atoms with E-state index in [0.717, 1.165) is 33.6 Å². The highest BCUT2D eigenvalue weighted by molar-refractivity contribution is 5.86. The fourth-order valence-corrected chi connectivity index (χ4v) is 2.46. The summed E-state index contributed by atoms with van der Waals surface area (Å²) in [7, 11) is 0. The Morgan fingerprint density at radius 2 is 2.05 bits per heavy atom. The number of aliphatic hydroxyl groups excluding tert-OH is 1. The van der Waals surface area contributed by atoms with Crippen LogP contribution in [-0.2, 0) is 13.2 Å². The van der Waals surface area contributed by atoms with Crippen LogP contribution in [0.3, 0.4) is 0 Å². The lowest BCUT2D eigenvalue weighted by atomic mass is 9.93. The molecule has 0 radical (unpaired) electrons. The van der Waals surface area contributed by atoms with E-state index in [1.807, 2.05) is 42.5 Å². The van der Waals surface area contributed by atoms with Crippen molar-refractivity contribution < 1.29 is 9.84 Å². The molecule has 2 aromatic rings. The summed E-state index contributed by atoms with van der Waals surface area (Å²) in [5, 5.41) is 18.3. The quantitative estimate of drug-likeness (QED) is 0.805. The summed E-state index contributed by atoms with van der Waals surface area (Å²) in [6.07, 6.45) is 1.55. The Kier molecular flexibility index (Phi) is 3.24. The zero-order chi connectivity index (χ0) is 13.9. The predicted octanol–water partition coefficient (Wildman–Crippen LogP) is 3.03. The number of benzene rings is 2. The second-order valence-electron chi connectivity index (χ2n) is 4.62. The molecule has 3 heteroatoms. The van der Waals surface area contributed by atoms with E-state index in [9.17, 15) is 5.11 Å². The molecular weight excluding hydrogens is 250 g/mol. The largest absolute Gasteiger partial charge is 0.488 e. The minimum Gasteiger partial charge on any atom is -0.488 e. The number of rotatable bonds is 1. The summed E-state index contributed by atoms with van der Waals surface area (Å²) in [5.41, 5.74) is 4.59. The van der Waals surface area contributed by atoms with Crippen LogP contribution in [0.5, 0.6) is 5.75 Å². The van der Waals surface area contributed by atoms with Gasteiger partial charge in [-0.2, -0.15) is 5.26 Å². The molecule has 3 nitrogen and oxygen atoms in total. The first kappa shape index (κ1) is 12.5. The van der Waals surface area contributed by atoms with Crippen LogP contribution in [0.15, 0.2) is 48.5 Å². The van der Waals surface area contributed by atoms with Crippen molar-refractivity contribution in [1.82, 2.24) is 0 Å². The lowest BCUT2D eigenvalue weighted by Crippen LogP contribution is -1.97. The Labute approximate surface area is 117 Å². The van der Waals surface area contributed by atoms with E-state index in [-0.39, 0.29) is 6.61 Å². The topological polar surface area (TPSA) is 53.2 Å². The van der Waals surface area contributed by atoms with Gasteiger partial charge in [-0.1, -0.05) is 30.3 Å². The van der Waals surface area contributed by atoms with Crippen LogP contribution in [0.25, 0.3) is 5.57 Å². The van der Waals surface area contributed by atoms with Gasteiger partial charge in [0.15, 0.2) is 0 Å². The number of fused-ring (bicyclic) bond motifs is 2. The maximum absolute atomic E-state index is 9.24. The minimum absolute atomic E-state index is 0.00245. The van der Waals surface area contributed by atoms with Gasteiger partial charge in [-0.3, -0.25) is 0 Å². The average molecular weight is 263 g/mol. The standard InChI is InChI=1S/C17H13NO2/c18-8-7-15-14-6-5-12(10-19)9-13(14)11-20-17-4-2-1-3-16(15)17/h1-7,9,19H,10-11H2/b15-7+. The van der Waals surface area contributed by atoms with Crippen LogP contribution in [-0.4, -0.2) is 5.11 Å². The summed E-state index contributed by atoms with van der Waals surface area (Å²) in [6, 6.07) is 15.5. The molecule has 1 aliphatic rings. The molecule has 2 aromatic carbocycles. The Balaban J connectivity index is 2.23. The number of hydrogen-bond donors (Lipinski definition) is 1. The van der Waals surface area contributed by atoms with Crippen molar-refractivity contribution in [3.8, 4) is 11.8 Å². The molecule has 98 valence electrons. The Bertz CT molecular complexity index is 726. The van der Waals surface area contributed by atoms with E-state index in [2.05, 4.69) is 6.07 Å². The van der Waals surface area contributed by atoms with Gasteiger partial charge >= 0.3 is 0 Å². The first-order chi connectivity index (χ1) is 9.83. The molecule has 1 heterocycles. The van der Waals surface area contributed by atoms with Crippen molar-refractivity contribution in [1.29, 1.82) is 5.26 Å². The molecule has 0 aliphatic carbocycles. The third kappa shape index (κ3) is 2.07. The molecule has 0 fully saturated rings. The van der Waals surface area contributed by atoms with E-state index in [4.69, 9.17) is 10.00 Å². The van der Waals surface area contributed by atoms with Gasteiger partial charge in [-0.15, -0.1) is 0 Å². The van der Waals surface area contributed by atoms with Crippen molar-refractivity contribution >= 4 is 5.57 Å². The van der Waals surface area contributed by atoms with Gasteiger partial charge in [0.2, 0.25) is 0 Å². The average Bonchev–Trinajstić information content (AvgIpc) is 2.65. The second kappa shape index (κ2) is 5.20. The van der Waals surface area contributed by atoms with Gasteiger partial charge in [0.05, 0.1) is 12.7 Å². The molecule has 0 saturated heterocycles. The third-order valence-electron chi connectivity index (χ3n) is 3.41. The molecule has 0 atom stereocenters. The third-order valence-corrected chi connectivity index (χ3v) is 3.41. The molecule has 0 saturated carbocycles.